The summed E-state index contributed by atoms with van der Waals surface area (Å²) in [7, 11) is 0. The summed E-state index contributed by atoms with van der Waals surface area (Å²) in [5.41, 5.74) is 1.63. The molecule has 3 heteroatoms. The zero-order valence-corrected chi connectivity index (χ0v) is 14.2. The van der Waals surface area contributed by atoms with Crippen LogP contribution in [0, 0.1) is 11.8 Å². The van der Waals surface area contributed by atoms with E-state index < -0.39 is 5.97 Å². The van der Waals surface area contributed by atoms with Crippen molar-refractivity contribution in [3.8, 4) is 0 Å². The first-order valence-electron chi connectivity index (χ1n) is 8.32. The molecule has 0 radical (unpaired) electrons. The topological polar surface area (TPSA) is 43.4 Å². The minimum absolute atomic E-state index is 0.167. The molecule has 0 aliphatic heterocycles. The molecule has 1 rings (SSSR count). The van der Waals surface area contributed by atoms with Crippen LogP contribution < -0.4 is 0 Å². The molecule has 0 aromatic heterocycles. The lowest BCUT2D eigenvalue weighted by molar-refractivity contribution is -0.143. The predicted octanol–water partition coefficient (Wildman–Crippen LogP) is 4.78. The third-order valence-electron chi connectivity index (χ3n) is 3.63. The Labute approximate surface area is 134 Å². The lowest BCUT2D eigenvalue weighted by atomic mass is 9.98. The van der Waals surface area contributed by atoms with Crippen molar-refractivity contribution in [1.29, 1.82) is 0 Å². The van der Waals surface area contributed by atoms with Gasteiger partial charge in [-0.05, 0) is 42.9 Å². The van der Waals surface area contributed by atoms with Crippen molar-refractivity contribution in [3.05, 3.63) is 35.4 Å². The highest BCUT2D eigenvalue weighted by molar-refractivity contribution is 5.97. The van der Waals surface area contributed by atoms with Crippen LogP contribution in [0.1, 0.15) is 69.3 Å². The van der Waals surface area contributed by atoms with E-state index >= 15 is 0 Å². The third kappa shape index (κ3) is 6.00. The first kappa shape index (κ1) is 18.4. The van der Waals surface area contributed by atoms with Crippen molar-refractivity contribution < 1.29 is 14.3 Å². The summed E-state index contributed by atoms with van der Waals surface area (Å²) in [6.07, 6.45) is 4.35. The number of hydrogen-bond acceptors (Lipinski definition) is 3. The fourth-order valence-corrected chi connectivity index (χ4v) is 2.56. The molecular weight excluding hydrogens is 276 g/mol. The third-order valence-corrected chi connectivity index (χ3v) is 3.63. The number of rotatable bonds is 8. The molecule has 0 bridgehead atoms. The van der Waals surface area contributed by atoms with Crippen molar-refractivity contribution in [2.45, 2.75) is 59.8 Å². The molecule has 22 heavy (non-hydrogen) atoms. The molecule has 0 aliphatic rings. The molecule has 0 amide bonds. The summed E-state index contributed by atoms with van der Waals surface area (Å²) >= 11 is 0. The van der Waals surface area contributed by atoms with E-state index in [2.05, 4.69) is 13.8 Å². The largest absolute Gasteiger partial charge is 0.389 e. The van der Waals surface area contributed by atoms with Crippen LogP contribution >= 0.6 is 0 Å². The Balaban J connectivity index is 2.65. The molecule has 0 fully saturated rings. The SMILES string of the molecule is CCCC(CCC)C(=O)OC(=O)c1ccc(CC(C)C)cc1. The lowest BCUT2D eigenvalue weighted by Crippen LogP contribution is -2.21. The van der Waals surface area contributed by atoms with Crippen LogP contribution in [0.15, 0.2) is 24.3 Å². The smallest absolute Gasteiger partial charge is 0.345 e. The lowest BCUT2D eigenvalue weighted by Gasteiger charge is -2.13. The molecule has 0 aliphatic carbocycles. The summed E-state index contributed by atoms with van der Waals surface area (Å²) in [6.45, 7) is 8.38. The quantitative estimate of drug-likeness (QED) is 0.512. The second kappa shape index (κ2) is 9.39. The van der Waals surface area contributed by atoms with Crippen molar-refractivity contribution in [2.75, 3.05) is 0 Å². The van der Waals surface area contributed by atoms with Gasteiger partial charge in [0.15, 0.2) is 0 Å². The molecule has 3 nitrogen and oxygen atoms in total. The van der Waals surface area contributed by atoms with Gasteiger partial charge in [0.25, 0.3) is 0 Å². The van der Waals surface area contributed by atoms with Crippen LogP contribution in [0.2, 0.25) is 0 Å². The molecule has 122 valence electrons. The van der Waals surface area contributed by atoms with Gasteiger partial charge in [-0.25, -0.2) is 4.79 Å². The normalized spacial score (nSPS) is 11.0. The van der Waals surface area contributed by atoms with E-state index in [0.717, 1.165) is 32.1 Å². The Morgan fingerprint density at radius 2 is 1.55 bits per heavy atom. The molecule has 0 N–H and O–H groups in total. The highest BCUT2D eigenvalue weighted by atomic mass is 16.6. The number of benzene rings is 1. The Bertz CT molecular complexity index is 468. The molecule has 0 spiro atoms. The number of hydrogen-bond donors (Lipinski definition) is 0. The van der Waals surface area contributed by atoms with Gasteiger partial charge in [0.2, 0.25) is 0 Å². The van der Waals surface area contributed by atoms with Crippen LogP contribution in [-0.2, 0) is 16.0 Å². The summed E-state index contributed by atoms with van der Waals surface area (Å²) in [6, 6.07) is 7.33. The standard InChI is InChI=1S/C19H28O3/c1-5-7-16(8-6-2)18(20)22-19(21)17-11-9-15(10-12-17)13-14(3)4/h9-12,14,16H,5-8,13H2,1-4H3. The van der Waals surface area contributed by atoms with Gasteiger partial charge >= 0.3 is 11.9 Å². The molecule has 1 aromatic rings. The molecule has 0 heterocycles. The molecule has 1 aromatic carbocycles. The minimum Gasteiger partial charge on any atom is -0.389 e. The van der Waals surface area contributed by atoms with E-state index in [1.54, 1.807) is 12.1 Å². The first-order chi connectivity index (χ1) is 10.5. The second-order valence-electron chi connectivity index (χ2n) is 6.28. The maximum absolute atomic E-state index is 12.1. The average molecular weight is 304 g/mol. The first-order valence-corrected chi connectivity index (χ1v) is 8.32. The van der Waals surface area contributed by atoms with Gasteiger partial charge in [0, 0.05) is 0 Å². The molecular formula is C19H28O3. The van der Waals surface area contributed by atoms with E-state index in [0.29, 0.717) is 11.5 Å². The maximum Gasteiger partial charge on any atom is 0.345 e. The van der Waals surface area contributed by atoms with Gasteiger partial charge in [-0.15, -0.1) is 0 Å². The maximum atomic E-state index is 12.1. The molecule has 0 saturated heterocycles. The summed E-state index contributed by atoms with van der Waals surface area (Å²) < 4.78 is 5.05. The van der Waals surface area contributed by atoms with Crippen LogP contribution in [0.25, 0.3) is 0 Å². The highest BCUT2D eigenvalue weighted by Gasteiger charge is 2.22. The molecule has 0 atom stereocenters. The summed E-state index contributed by atoms with van der Waals surface area (Å²) in [5, 5.41) is 0. The van der Waals surface area contributed by atoms with Crippen molar-refractivity contribution in [1.82, 2.24) is 0 Å². The Morgan fingerprint density at radius 1 is 1.00 bits per heavy atom. The van der Waals surface area contributed by atoms with Gasteiger partial charge in [-0.2, -0.15) is 0 Å². The van der Waals surface area contributed by atoms with Crippen molar-refractivity contribution in [2.24, 2.45) is 11.8 Å². The minimum atomic E-state index is -0.543. The van der Waals surface area contributed by atoms with Gasteiger partial charge in [-0.1, -0.05) is 52.7 Å². The zero-order valence-electron chi connectivity index (χ0n) is 14.2. The monoisotopic (exact) mass is 304 g/mol. The predicted molar refractivity (Wildman–Crippen MR) is 88.7 cm³/mol. The average Bonchev–Trinajstić information content (AvgIpc) is 2.47. The van der Waals surface area contributed by atoms with Gasteiger partial charge < -0.3 is 4.74 Å². The van der Waals surface area contributed by atoms with Gasteiger partial charge in [0.05, 0.1) is 11.5 Å². The molecule has 0 saturated carbocycles. The van der Waals surface area contributed by atoms with Crippen LogP contribution in [0.5, 0.6) is 0 Å². The van der Waals surface area contributed by atoms with E-state index in [1.165, 1.54) is 5.56 Å². The van der Waals surface area contributed by atoms with Crippen molar-refractivity contribution >= 4 is 11.9 Å². The van der Waals surface area contributed by atoms with E-state index in [4.69, 9.17) is 4.74 Å². The van der Waals surface area contributed by atoms with E-state index in [-0.39, 0.29) is 11.9 Å². The summed E-state index contributed by atoms with van der Waals surface area (Å²) in [5.74, 6) is -0.527. The number of carbonyl (C=O) groups is 2. The Kier molecular flexibility index (Phi) is 7.86. The Morgan fingerprint density at radius 3 is 2.00 bits per heavy atom. The van der Waals surface area contributed by atoms with Crippen LogP contribution in [0.4, 0.5) is 0 Å². The van der Waals surface area contributed by atoms with Crippen LogP contribution in [-0.4, -0.2) is 11.9 Å². The second-order valence-corrected chi connectivity index (χ2v) is 6.28. The van der Waals surface area contributed by atoms with Gasteiger partial charge in [-0.3, -0.25) is 4.79 Å². The van der Waals surface area contributed by atoms with E-state index in [9.17, 15) is 9.59 Å². The summed E-state index contributed by atoms with van der Waals surface area (Å²) in [4.78, 5) is 24.1. The van der Waals surface area contributed by atoms with E-state index in [1.807, 2.05) is 26.0 Å². The number of esters is 2. The number of ether oxygens (including phenoxy) is 1. The fourth-order valence-electron chi connectivity index (χ4n) is 2.56. The van der Waals surface area contributed by atoms with Crippen molar-refractivity contribution in [3.63, 3.8) is 0 Å². The highest BCUT2D eigenvalue weighted by Crippen LogP contribution is 2.17. The number of carbonyl (C=O) groups excluding carboxylic acids is 2. The molecule has 0 unspecified atom stereocenters. The van der Waals surface area contributed by atoms with Gasteiger partial charge in [0.1, 0.15) is 0 Å². The fraction of sp³-hybridized carbons (Fsp3) is 0.579. The Hall–Kier alpha value is -1.64. The van der Waals surface area contributed by atoms with Crippen LogP contribution in [0.3, 0.4) is 0 Å². The zero-order chi connectivity index (χ0) is 16.5.